The van der Waals surface area contributed by atoms with Gasteiger partial charge in [-0.3, -0.25) is 0 Å². The van der Waals surface area contributed by atoms with Gasteiger partial charge in [0, 0.05) is 10.0 Å². The van der Waals surface area contributed by atoms with Gasteiger partial charge in [0.25, 0.3) is 0 Å². The van der Waals surface area contributed by atoms with Crippen LogP contribution in [0.15, 0.2) is 24.3 Å². The van der Waals surface area contributed by atoms with Crippen LogP contribution in [0.4, 0.5) is 0 Å². The summed E-state index contributed by atoms with van der Waals surface area (Å²) in [5.74, 6) is 0. The second-order valence-electron chi connectivity index (χ2n) is 5.20. The van der Waals surface area contributed by atoms with Gasteiger partial charge >= 0.3 is 0 Å². The molecule has 0 aromatic heterocycles. The first-order chi connectivity index (χ1) is 9.32. The van der Waals surface area contributed by atoms with Crippen LogP contribution in [0.5, 0.6) is 0 Å². The van der Waals surface area contributed by atoms with Gasteiger partial charge in [-0.05, 0) is 73.2 Å². The maximum atomic E-state index is 6.72. The number of rotatable bonds is 2. The van der Waals surface area contributed by atoms with Crippen molar-refractivity contribution in [1.82, 2.24) is 0 Å². The molecule has 0 nitrogen and oxygen atoms in total. The van der Waals surface area contributed by atoms with Crippen LogP contribution in [0, 0.1) is 27.7 Å². The van der Waals surface area contributed by atoms with E-state index in [2.05, 4.69) is 33.8 Å². The highest BCUT2D eigenvalue weighted by atomic mass is 35.5. The van der Waals surface area contributed by atoms with Gasteiger partial charge in [-0.2, -0.15) is 0 Å². The molecule has 20 heavy (non-hydrogen) atoms. The molecule has 0 saturated carbocycles. The molecule has 0 spiro atoms. The molecule has 2 aromatic rings. The Morgan fingerprint density at radius 3 is 1.90 bits per heavy atom. The normalized spacial score (nSPS) is 12.6. The summed E-state index contributed by atoms with van der Waals surface area (Å²) in [5.41, 5.74) is 6.98. The number of alkyl halides is 1. The molecule has 106 valence electrons. The molecule has 0 aliphatic heterocycles. The van der Waals surface area contributed by atoms with E-state index >= 15 is 0 Å². The largest absolute Gasteiger partial charge is 0.113 e. The Kier molecular flexibility index (Phi) is 4.69. The van der Waals surface area contributed by atoms with Crippen molar-refractivity contribution in [2.24, 2.45) is 0 Å². The van der Waals surface area contributed by atoms with E-state index in [0.29, 0.717) is 10.0 Å². The van der Waals surface area contributed by atoms with Crippen LogP contribution in [0.2, 0.25) is 10.0 Å². The molecular weight excluding hydrogens is 311 g/mol. The van der Waals surface area contributed by atoms with Crippen molar-refractivity contribution < 1.29 is 0 Å². The van der Waals surface area contributed by atoms with Gasteiger partial charge in [-0.1, -0.05) is 35.3 Å². The van der Waals surface area contributed by atoms with Gasteiger partial charge in [0.15, 0.2) is 0 Å². The van der Waals surface area contributed by atoms with Crippen molar-refractivity contribution in [2.45, 2.75) is 33.1 Å². The van der Waals surface area contributed by atoms with Crippen LogP contribution in [-0.2, 0) is 0 Å². The lowest BCUT2D eigenvalue weighted by Crippen LogP contribution is -2.04. The maximum absolute atomic E-state index is 6.72. The molecule has 0 aliphatic rings. The van der Waals surface area contributed by atoms with Crippen LogP contribution in [0.1, 0.15) is 38.8 Å². The highest BCUT2D eigenvalue weighted by molar-refractivity contribution is 6.36. The number of hydrogen-bond donors (Lipinski definition) is 0. The topological polar surface area (TPSA) is 0 Å². The average Bonchev–Trinajstić information content (AvgIpc) is 2.36. The average molecular weight is 328 g/mol. The van der Waals surface area contributed by atoms with E-state index in [4.69, 9.17) is 34.8 Å². The SMILES string of the molecule is Cc1cc(C)c(C)c(C(Cl)c2ccc(Cl)cc2Cl)c1C. The summed E-state index contributed by atoms with van der Waals surface area (Å²) < 4.78 is 0. The molecule has 0 amide bonds. The van der Waals surface area contributed by atoms with Gasteiger partial charge in [-0.15, -0.1) is 11.6 Å². The lowest BCUT2D eigenvalue weighted by atomic mass is 9.90. The van der Waals surface area contributed by atoms with Gasteiger partial charge < -0.3 is 0 Å². The number of halogens is 3. The fourth-order valence-corrected chi connectivity index (χ4v) is 3.58. The Balaban J connectivity index is 2.62. The van der Waals surface area contributed by atoms with Crippen LogP contribution in [0.25, 0.3) is 0 Å². The Morgan fingerprint density at radius 1 is 0.850 bits per heavy atom. The molecule has 0 N–H and O–H groups in total. The van der Waals surface area contributed by atoms with E-state index in [9.17, 15) is 0 Å². The van der Waals surface area contributed by atoms with Crippen molar-refractivity contribution in [2.75, 3.05) is 0 Å². The smallest absolute Gasteiger partial charge is 0.0855 e. The van der Waals surface area contributed by atoms with E-state index in [1.807, 2.05) is 12.1 Å². The molecule has 1 unspecified atom stereocenters. The van der Waals surface area contributed by atoms with Crippen LogP contribution < -0.4 is 0 Å². The molecule has 0 saturated heterocycles. The Labute approximate surface area is 135 Å². The van der Waals surface area contributed by atoms with Crippen molar-refractivity contribution in [3.05, 3.63) is 67.7 Å². The lowest BCUT2D eigenvalue weighted by Gasteiger charge is -2.21. The van der Waals surface area contributed by atoms with Crippen molar-refractivity contribution in [1.29, 1.82) is 0 Å². The molecule has 0 heterocycles. The summed E-state index contributed by atoms with van der Waals surface area (Å²) in [6.45, 7) is 8.43. The summed E-state index contributed by atoms with van der Waals surface area (Å²) in [5, 5.41) is 0.963. The number of hydrogen-bond acceptors (Lipinski definition) is 0. The van der Waals surface area contributed by atoms with E-state index in [0.717, 1.165) is 11.1 Å². The van der Waals surface area contributed by atoms with Crippen molar-refractivity contribution >= 4 is 34.8 Å². The fourth-order valence-electron chi connectivity index (χ4n) is 2.49. The summed E-state index contributed by atoms with van der Waals surface area (Å²) >= 11 is 19.0. The first-order valence-electron chi connectivity index (χ1n) is 6.49. The van der Waals surface area contributed by atoms with Crippen molar-refractivity contribution in [3.8, 4) is 0 Å². The summed E-state index contributed by atoms with van der Waals surface area (Å²) in [4.78, 5) is 0. The predicted octanol–water partition coefficient (Wildman–Crippen LogP) is 6.56. The molecule has 1 atom stereocenters. The summed E-state index contributed by atoms with van der Waals surface area (Å²) in [6, 6.07) is 7.66. The van der Waals surface area contributed by atoms with E-state index in [1.54, 1.807) is 6.07 Å². The minimum atomic E-state index is -0.265. The quantitative estimate of drug-likeness (QED) is 0.548. The highest BCUT2D eigenvalue weighted by Gasteiger charge is 2.20. The van der Waals surface area contributed by atoms with Gasteiger partial charge in [-0.25, -0.2) is 0 Å². The van der Waals surface area contributed by atoms with Crippen LogP contribution in [0.3, 0.4) is 0 Å². The molecule has 0 radical (unpaired) electrons. The third kappa shape index (κ3) is 2.83. The third-order valence-electron chi connectivity index (χ3n) is 3.91. The zero-order valence-electron chi connectivity index (χ0n) is 12.0. The van der Waals surface area contributed by atoms with Crippen LogP contribution in [-0.4, -0.2) is 0 Å². The minimum Gasteiger partial charge on any atom is -0.113 e. The molecular formula is C17H17Cl3. The highest BCUT2D eigenvalue weighted by Crippen LogP contribution is 2.39. The first kappa shape index (κ1) is 15.7. The number of aryl methyl sites for hydroxylation is 2. The molecule has 0 aliphatic carbocycles. The zero-order valence-corrected chi connectivity index (χ0v) is 14.3. The standard InChI is InChI=1S/C17H17Cl3/c1-9-7-10(2)12(4)16(11(9)3)17(20)14-6-5-13(18)8-15(14)19/h5-8,17H,1-4H3. The summed E-state index contributed by atoms with van der Waals surface area (Å²) in [6.07, 6.45) is 0. The van der Waals surface area contributed by atoms with Crippen molar-refractivity contribution in [3.63, 3.8) is 0 Å². The van der Waals surface area contributed by atoms with Crippen LogP contribution >= 0.6 is 34.8 Å². The lowest BCUT2D eigenvalue weighted by molar-refractivity contribution is 1.05. The van der Waals surface area contributed by atoms with E-state index in [-0.39, 0.29) is 5.38 Å². The van der Waals surface area contributed by atoms with Gasteiger partial charge in [0.05, 0.1) is 5.38 Å². The Hall–Kier alpha value is -0.690. The summed E-state index contributed by atoms with van der Waals surface area (Å²) in [7, 11) is 0. The van der Waals surface area contributed by atoms with E-state index in [1.165, 1.54) is 22.3 Å². The molecule has 0 bridgehead atoms. The first-order valence-corrected chi connectivity index (χ1v) is 7.68. The van der Waals surface area contributed by atoms with Gasteiger partial charge in [0.1, 0.15) is 0 Å². The fraction of sp³-hybridized carbons (Fsp3) is 0.294. The molecule has 0 fully saturated rings. The zero-order chi connectivity index (χ0) is 15.0. The molecule has 2 rings (SSSR count). The number of benzene rings is 2. The third-order valence-corrected chi connectivity index (χ3v) is 4.93. The monoisotopic (exact) mass is 326 g/mol. The Bertz CT molecular complexity index is 634. The Morgan fingerprint density at radius 2 is 1.40 bits per heavy atom. The molecule has 2 aromatic carbocycles. The maximum Gasteiger partial charge on any atom is 0.0855 e. The van der Waals surface area contributed by atoms with Gasteiger partial charge in [0.2, 0.25) is 0 Å². The predicted molar refractivity (Wildman–Crippen MR) is 89.5 cm³/mol. The van der Waals surface area contributed by atoms with E-state index < -0.39 is 0 Å². The second kappa shape index (κ2) is 5.97. The molecule has 3 heteroatoms. The minimum absolute atomic E-state index is 0.265. The second-order valence-corrected chi connectivity index (χ2v) is 6.48.